The topological polar surface area (TPSA) is 98.7 Å². The predicted molar refractivity (Wildman–Crippen MR) is 130 cm³/mol. The highest BCUT2D eigenvalue weighted by Crippen LogP contribution is 2.39. The van der Waals surface area contributed by atoms with Gasteiger partial charge in [-0.25, -0.2) is 5.01 Å². The van der Waals surface area contributed by atoms with Crippen LogP contribution in [0.2, 0.25) is 0 Å². The van der Waals surface area contributed by atoms with Crippen LogP contribution in [0.5, 0.6) is 0 Å². The number of nitrogens with zero attached hydrogens (tertiary/aromatic N) is 1. The van der Waals surface area contributed by atoms with E-state index in [0.717, 1.165) is 16.7 Å². The lowest BCUT2D eigenvalue weighted by molar-refractivity contribution is -0.141. The van der Waals surface area contributed by atoms with Crippen molar-refractivity contribution in [2.45, 2.75) is 38.3 Å². The fraction of sp³-hybridized carbons (Fsp3) is 0.222. The van der Waals surface area contributed by atoms with Gasteiger partial charge in [-0.1, -0.05) is 72.8 Å². The van der Waals surface area contributed by atoms with Gasteiger partial charge in [0.1, 0.15) is 6.04 Å². The summed E-state index contributed by atoms with van der Waals surface area (Å²) in [5.74, 6) is -2.09. The van der Waals surface area contributed by atoms with Crippen molar-refractivity contribution < 1.29 is 19.5 Å². The number of hydrogen-bond acceptors (Lipinski definition) is 4. The minimum atomic E-state index is -1.82. The molecule has 1 aliphatic rings. The van der Waals surface area contributed by atoms with Crippen LogP contribution in [0.3, 0.4) is 0 Å². The first-order chi connectivity index (χ1) is 16.2. The zero-order valence-electron chi connectivity index (χ0n) is 19.3. The molecule has 3 atom stereocenters. The van der Waals surface area contributed by atoms with Crippen molar-refractivity contribution in [3.63, 3.8) is 0 Å². The highest BCUT2D eigenvalue weighted by atomic mass is 16.3. The summed E-state index contributed by atoms with van der Waals surface area (Å²) in [6, 6.07) is 22.5. The summed E-state index contributed by atoms with van der Waals surface area (Å²) in [6.45, 7) is 4.67. The Morgan fingerprint density at radius 2 is 1.53 bits per heavy atom. The lowest BCUT2D eigenvalue weighted by Crippen LogP contribution is -2.56. The molecule has 1 unspecified atom stereocenters. The number of hydrazine groups is 1. The van der Waals surface area contributed by atoms with Gasteiger partial charge in [-0.2, -0.15) is 0 Å². The van der Waals surface area contributed by atoms with E-state index in [-0.39, 0.29) is 5.91 Å². The number of rotatable bonds is 5. The van der Waals surface area contributed by atoms with Gasteiger partial charge in [0.2, 0.25) is 0 Å². The molecule has 3 aromatic carbocycles. The fourth-order valence-electron chi connectivity index (χ4n) is 4.08. The molecular weight excluding hydrogens is 430 g/mol. The summed E-state index contributed by atoms with van der Waals surface area (Å²) >= 11 is 0. The Kier molecular flexibility index (Phi) is 6.22. The van der Waals surface area contributed by atoms with Crippen LogP contribution in [-0.2, 0) is 20.0 Å². The van der Waals surface area contributed by atoms with Crippen LogP contribution >= 0.6 is 0 Å². The van der Waals surface area contributed by atoms with Crippen molar-refractivity contribution in [1.82, 2.24) is 10.7 Å². The fourth-order valence-corrected chi connectivity index (χ4v) is 4.08. The first-order valence-corrected chi connectivity index (χ1v) is 11.1. The van der Waals surface area contributed by atoms with Gasteiger partial charge < -0.3 is 10.4 Å². The molecule has 7 nitrogen and oxygen atoms in total. The second kappa shape index (κ2) is 9.11. The van der Waals surface area contributed by atoms with E-state index in [1.807, 2.05) is 36.4 Å². The van der Waals surface area contributed by atoms with Gasteiger partial charge in [-0.15, -0.1) is 0 Å². The second-order valence-electron chi connectivity index (χ2n) is 8.61. The zero-order chi connectivity index (χ0) is 24.5. The molecule has 0 fully saturated rings. The molecule has 0 aromatic heterocycles. The van der Waals surface area contributed by atoms with Crippen molar-refractivity contribution in [3.05, 3.63) is 90.0 Å². The van der Waals surface area contributed by atoms with Crippen LogP contribution in [-0.4, -0.2) is 28.9 Å². The van der Waals surface area contributed by atoms with Crippen LogP contribution in [0.15, 0.2) is 78.9 Å². The van der Waals surface area contributed by atoms with E-state index in [0.29, 0.717) is 11.3 Å². The molecule has 3 N–H and O–H groups in total. The summed E-state index contributed by atoms with van der Waals surface area (Å²) in [7, 11) is 0. The number of benzene rings is 3. The Morgan fingerprint density at radius 1 is 0.941 bits per heavy atom. The molecule has 1 aliphatic heterocycles. The summed E-state index contributed by atoms with van der Waals surface area (Å²) in [5, 5.41) is 14.5. The average Bonchev–Trinajstić information content (AvgIpc) is 2.94. The van der Waals surface area contributed by atoms with Gasteiger partial charge in [0.05, 0.1) is 11.6 Å². The first kappa shape index (κ1) is 23.2. The monoisotopic (exact) mass is 457 g/mol. The van der Waals surface area contributed by atoms with E-state index >= 15 is 0 Å². The molecule has 0 saturated heterocycles. The highest BCUT2D eigenvalue weighted by Gasteiger charge is 2.36. The molecule has 0 aliphatic carbocycles. The Morgan fingerprint density at radius 3 is 2.24 bits per heavy atom. The lowest BCUT2D eigenvalue weighted by Gasteiger charge is -2.28. The van der Waals surface area contributed by atoms with Gasteiger partial charge in [0.25, 0.3) is 17.7 Å². The highest BCUT2D eigenvalue weighted by molar-refractivity contribution is 6.07. The van der Waals surface area contributed by atoms with Crippen molar-refractivity contribution in [3.8, 4) is 11.1 Å². The normalized spacial score (nSPS) is 17.5. The Bertz CT molecular complexity index is 1240. The molecule has 34 heavy (non-hydrogen) atoms. The van der Waals surface area contributed by atoms with E-state index < -0.39 is 29.4 Å². The average molecular weight is 458 g/mol. The number of nitrogens with one attached hydrogen (secondary N) is 2. The van der Waals surface area contributed by atoms with E-state index in [1.54, 1.807) is 49.4 Å². The second-order valence-corrected chi connectivity index (χ2v) is 8.61. The number of amides is 3. The molecule has 1 heterocycles. The summed E-state index contributed by atoms with van der Waals surface area (Å²) in [6.07, 6.45) is 0. The number of carbonyl (C=O) groups is 3. The molecule has 0 saturated carbocycles. The van der Waals surface area contributed by atoms with Crippen LogP contribution in [0.25, 0.3) is 11.1 Å². The maximum atomic E-state index is 13.4. The van der Waals surface area contributed by atoms with Crippen LogP contribution < -0.4 is 15.8 Å². The molecule has 0 spiro atoms. The van der Waals surface area contributed by atoms with E-state index in [4.69, 9.17) is 0 Å². The maximum absolute atomic E-state index is 13.4. The summed E-state index contributed by atoms with van der Waals surface area (Å²) in [5.41, 5.74) is 4.43. The number of anilines is 1. The third-order valence-electron chi connectivity index (χ3n) is 6.19. The van der Waals surface area contributed by atoms with Crippen molar-refractivity contribution in [2.24, 2.45) is 0 Å². The van der Waals surface area contributed by atoms with Gasteiger partial charge in [-0.05, 0) is 43.5 Å². The summed E-state index contributed by atoms with van der Waals surface area (Å²) < 4.78 is 0. The lowest BCUT2D eigenvalue weighted by atomic mass is 9.92. The minimum Gasteiger partial charge on any atom is -0.376 e. The van der Waals surface area contributed by atoms with Crippen LogP contribution in [0.1, 0.15) is 37.8 Å². The molecule has 174 valence electrons. The predicted octanol–water partition coefficient (Wildman–Crippen LogP) is 3.25. The van der Waals surface area contributed by atoms with Crippen LogP contribution in [0.4, 0.5) is 5.69 Å². The SMILES string of the molecule is CC1C(=O)N(NC(=O)[C@H](C)NC(=O)[C@](C)(O)c2ccccc2)c2ccccc2-c2ccccc21. The van der Waals surface area contributed by atoms with Gasteiger partial charge in [0.15, 0.2) is 5.60 Å². The number of para-hydroxylation sites is 1. The smallest absolute Gasteiger partial charge is 0.261 e. The van der Waals surface area contributed by atoms with Crippen molar-refractivity contribution in [2.75, 3.05) is 5.01 Å². The number of fused-ring (bicyclic) bond motifs is 3. The first-order valence-electron chi connectivity index (χ1n) is 11.1. The van der Waals surface area contributed by atoms with Gasteiger partial charge in [0, 0.05) is 5.56 Å². The number of carbonyl (C=O) groups excluding carboxylic acids is 3. The van der Waals surface area contributed by atoms with Gasteiger partial charge >= 0.3 is 0 Å². The third kappa shape index (κ3) is 4.18. The standard InChI is InChI=1S/C27H27N3O4/c1-17-20-13-7-8-14-21(20)22-15-9-10-16-23(22)30(25(17)32)29-24(31)18(2)28-26(33)27(3,34)19-11-5-4-6-12-19/h4-18,34H,1-3H3,(H,28,33)(H,29,31)/t17?,18-,27+/m0/s1. The molecular formula is C27H27N3O4. The van der Waals surface area contributed by atoms with Crippen molar-refractivity contribution in [1.29, 1.82) is 0 Å². The molecule has 3 amide bonds. The number of aliphatic hydroxyl groups is 1. The van der Waals surface area contributed by atoms with Gasteiger partial charge in [-0.3, -0.25) is 19.8 Å². The summed E-state index contributed by atoms with van der Waals surface area (Å²) in [4.78, 5) is 39.2. The van der Waals surface area contributed by atoms with Crippen LogP contribution in [0, 0.1) is 0 Å². The molecule has 0 radical (unpaired) electrons. The molecule has 3 aromatic rings. The zero-order valence-corrected chi connectivity index (χ0v) is 19.3. The maximum Gasteiger partial charge on any atom is 0.261 e. The molecule has 4 rings (SSSR count). The third-order valence-corrected chi connectivity index (χ3v) is 6.19. The van der Waals surface area contributed by atoms with E-state index in [2.05, 4.69) is 10.7 Å². The quantitative estimate of drug-likeness (QED) is 0.548. The molecule has 7 heteroatoms. The largest absolute Gasteiger partial charge is 0.376 e. The number of hydrogen-bond donors (Lipinski definition) is 3. The Labute approximate surface area is 198 Å². The minimum absolute atomic E-state index is 0.291. The molecule has 0 bridgehead atoms. The van der Waals surface area contributed by atoms with Crippen molar-refractivity contribution >= 4 is 23.4 Å². The Balaban J connectivity index is 1.57. The van der Waals surface area contributed by atoms with E-state index in [9.17, 15) is 19.5 Å². The van der Waals surface area contributed by atoms with E-state index in [1.165, 1.54) is 18.9 Å². The Hall–Kier alpha value is -3.97.